The summed E-state index contributed by atoms with van der Waals surface area (Å²) in [6, 6.07) is 3.99. The molecule has 1 amide bonds. The molecular weight excluding hydrogens is 221 g/mol. The minimum Gasteiger partial charge on any atom is -0.384 e. The third-order valence-electron chi connectivity index (χ3n) is 2.49. The Morgan fingerprint density at radius 1 is 1.53 bits per heavy atom. The van der Waals surface area contributed by atoms with E-state index in [0.717, 1.165) is 12.8 Å². The number of anilines is 1. The Bertz CT molecular complexity index is 498. The normalized spacial score (nSPS) is 13.8. The summed E-state index contributed by atoms with van der Waals surface area (Å²) in [6.45, 7) is -0.299. The zero-order valence-corrected chi connectivity index (χ0v) is 9.16. The van der Waals surface area contributed by atoms with Crippen LogP contribution in [0, 0.1) is 23.6 Å². The zero-order valence-electron chi connectivity index (χ0n) is 9.16. The lowest BCUT2D eigenvalue weighted by Gasteiger charge is -2.06. The molecule has 0 aliphatic heterocycles. The van der Waals surface area contributed by atoms with E-state index in [2.05, 4.69) is 17.2 Å². The van der Waals surface area contributed by atoms with E-state index < -0.39 is 5.82 Å². The molecule has 88 valence electrons. The van der Waals surface area contributed by atoms with Crippen molar-refractivity contribution in [3.8, 4) is 11.8 Å². The molecule has 0 unspecified atom stereocenters. The van der Waals surface area contributed by atoms with Gasteiger partial charge in [-0.1, -0.05) is 11.8 Å². The first-order valence-corrected chi connectivity index (χ1v) is 5.41. The molecule has 0 radical (unpaired) electrons. The molecule has 2 rings (SSSR count). The van der Waals surface area contributed by atoms with Gasteiger partial charge in [-0.25, -0.2) is 4.39 Å². The van der Waals surface area contributed by atoms with Crippen LogP contribution in [0.4, 0.5) is 10.1 Å². The molecule has 0 aromatic heterocycles. The summed E-state index contributed by atoms with van der Waals surface area (Å²) in [4.78, 5) is 11.6. The predicted molar refractivity (Wildman–Crippen MR) is 61.7 cm³/mol. The molecular formula is C13H12FNO2. The van der Waals surface area contributed by atoms with E-state index in [1.54, 1.807) is 0 Å². The minimum absolute atomic E-state index is 0.0522. The zero-order chi connectivity index (χ0) is 12.3. The van der Waals surface area contributed by atoms with Crippen molar-refractivity contribution < 1.29 is 14.3 Å². The third-order valence-corrected chi connectivity index (χ3v) is 2.49. The molecule has 0 heterocycles. The maximum absolute atomic E-state index is 13.0. The van der Waals surface area contributed by atoms with Crippen LogP contribution in [0.1, 0.15) is 18.4 Å². The number of aliphatic hydroxyl groups is 1. The maximum atomic E-state index is 13.0. The smallest absolute Gasteiger partial charge is 0.227 e. The van der Waals surface area contributed by atoms with Crippen molar-refractivity contribution in [2.24, 2.45) is 5.92 Å². The Balaban J connectivity index is 2.21. The highest BCUT2D eigenvalue weighted by Gasteiger charge is 2.29. The SMILES string of the molecule is O=C(Nc1ccc(F)cc1C#CCO)C1CC1. The van der Waals surface area contributed by atoms with Crippen LogP contribution < -0.4 is 5.32 Å². The van der Waals surface area contributed by atoms with Crippen LogP contribution in [0.15, 0.2) is 18.2 Å². The van der Waals surface area contributed by atoms with Gasteiger partial charge in [-0.05, 0) is 31.0 Å². The molecule has 1 aromatic carbocycles. The maximum Gasteiger partial charge on any atom is 0.227 e. The first-order chi connectivity index (χ1) is 8.20. The van der Waals surface area contributed by atoms with Crippen LogP contribution in [0.3, 0.4) is 0 Å². The summed E-state index contributed by atoms with van der Waals surface area (Å²) < 4.78 is 13.0. The lowest BCUT2D eigenvalue weighted by atomic mass is 10.1. The lowest BCUT2D eigenvalue weighted by molar-refractivity contribution is -0.117. The summed E-state index contributed by atoms with van der Waals surface area (Å²) >= 11 is 0. The molecule has 1 aromatic rings. The summed E-state index contributed by atoms with van der Waals surface area (Å²) in [5.74, 6) is 4.66. The molecule has 0 saturated heterocycles. The first-order valence-electron chi connectivity index (χ1n) is 5.41. The first kappa shape index (κ1) is 11.6. The molecule has 4 heteroatoms. The second-order valence-electron chi connectivity index (χ2n) is 3.91. The Labute approximate surface area is 98.7 Å². The highest BCUT2D eigenvalue weighted by atomic mass is 19.1. The summed E-state index contributed by atoms with van der Waals surface area (Å²) in [5.41, 5.74) is 0.872. The number of amides is 1. The van der Waals surface area contributed by atoms with E-state index in [1.165, 1.54) is 18.2 Å². The summed E-state index contributed by atoms with van der Waals surface area (Å²) in [6.07, 6.45) is 1.81. The highest BCUT2D eigenvalue weighted by Crippen LogP contribution is 2.30. The number of hydrogen-bond acceptors (Lipinski definition) is 2. The van der Waals surface area contributed by atoms with Crippen molar-refractivity contribution in [1.82, 2.24) is 0 Å². The van der Waals surface area contributed by atoms with E-state index in [4.69, 9.17) is 5.11 Å². The Morgan fingerprint density at radius 2 is 2.29 bits per heavy atom. The molecule has 0 bridgehead atoms. The number of carbonyl (C=O) groups is 1. The van der Waals surface area contributed by atoms with Gasteiger partial charge in [-0.3, -0.25) is 4.79 Å². The quantitative estimate of drug-likeness (QED) is 0.761. The van der Waals surface area contributed by atoms with E-state index in [1.807, 2.05) is 0 Å². The molecule has 1 aliphatic rings. The van der Waals surface area contributed by atoms with Gasteiger partial charge >= 0.3 is 0 Å². The standard InChI is InChI=1S/C13H12FNO2/c14-11-5-6-12(10(8-11)2-1-7-16)15-13(17)9-3-4-9/h5-6,8-9,16H,3-4,7H2,(H,15,17). The van der Waals surface area contributed by atoms with E-state index in [0.29, 0.717) is 11.3 Å². The van der Waals surface area contributed by atoms with Gasteiger partial charge in [0.25, 0.3) is 0 Å². The molecule has 1 fully saturated rings. The molecule has 17 heavy (non-hydrogen) atoms. The molecule has 2 N–H and O–H groups in total. The average Bonchev–Trinajstić information content (AvgIpc) is 3.13. The second kappa shape index (κ2) is 4.98. The fraction of sp³-hybridized carbons (Fsp3) is 0.308. The number of halogens is 1. The fourth-order valence-electron chi connectivity index (χ4n) is 1.44. The van der Waals surface area contributed by atoms with Gasteiger partial charge in [0, 0.05) is 5.92 Å². The fourth-order valence-corrected chi connectivity index (χ4v) is 1.44. The van der Waals surface area contributed by atoms with Gasteiger partial charge in [0.05, 0.1) is 11.3 Å². The van der Waals surface area contributed by atoms with Crippen LogP contribution in [0.5, 0.6) is 0 Å². The van der Waals surface area contributed by atoms with Crippen molar-refractivity contribution in [2.75, 3.05) is 11.9 Å². The molecule has 3 nitrogen and oxygen atoms in total. The number of benzene rings is 1. The van der Waals surface area contributed by atoms with Gasteiger partial charge < -0.3 is 10.4 Å². The molecule has 1 saturated carbocycles. The molecule has 0 spiro atoms. The Hall–Kier alpha value is -1.86. The number of aliphatic hydroxyl groups excluding tert-OH is 1. The van der Waals surface area contributed by atoms with Gasteiger partial charge in [0.2, 0.25) is 5.91 Å². The van der Waals surface area contributed by atoms with Crippen molar-refractivity contribution in [2.45, 2.75) is 12.8 Å². The second-order valence-corrected chi connectivity index (χ2v) is 3.91. The lowest BCUT2D eigenvalue weighted by Crippen LogP contribution is -2.14. The van der Waals surface area contributed by atoms with Gasteiger partial charge in [0.1, 0.15) is 12.4 Å². The Kier molecular flexibility index (Phi) is 3.40. The van der Waals surface area contributed by atoms with Crippen LogP contribution in [-0.2, 0) is 4.79 Å². The number of nitrogens with one attached hydrogen (secondary N) is 1. The number of rotatable bonds is 2. The van der Waals surface area contributed by atoms with E-state index in [9.17, 15) is 9.18 Å². The predicted octanol–water partition coefficient (Wildman–Crippen LogP) is 1.52. The van der Waals surface area contributed by atoms with E-state index >= 15 is 0 Å². The van der Waals surface area contributed by atoms with Gasteiger partial charge in [-0.15, -0.1) is 0 Å². The van der Waals surface area contributed by atoms with Gasteiger partial charge in [-0.2, -0.15) is 0 Å². The minimum atomic E-state index is -0.420. The number of carbonyl (C=O) groups excluding carboxylic acids is 1. The van der Waals surface area contributed by atoms with Crippen LogP contribution in [0.2, 0.25) is 0 Å². The topological polar surface area (TPSA) is 49.3 Å². The number of hydrogen-bond donors (Lipinski definition) is 2. The summed E-state index contributed by atoms with van der Waals surface area (Å²) in [7, 11) is 0. The van der Waals surface area contributed by atoms with Crippen LogP contribution in [-0.4, -0.2) is 17.6 Å². The third kappa shape index (κ3) is 3.05. The highest BCUT2D eigenvalue weighted by molar-refractivity contribution is 5.95. The average molecular weight is 233 g/mol. The van der Waals surface area contributed by atoms with Crippen LogP contribution in [0.25, 0.3) is 0 Å². The van der Waals surface area contributed by atoms with Crippen molar-refractivity contribution in [3.05, 3.63) is 29.6 Å². The van der Waals surface area contributed by atoms with E-state index in [-0.39, 0.29) is 18.4 Å². The van der Waals surface area contributed by atoms with Crippen molar-refractivity contribution in [3.63, 3.8) is 0 Å². The van der Waals surface area contributed by atoms with Crippen LogP contribution >= 0.6 is 0 Å². The monoisotopic (exact) mass is 233 g/mol. The Morgan fingerprint density at radius 3 is 2.94 bits per heavy atom. The molecule has 0 atom stereocenters. The van der Waals surface area contributed by atoms with Crippen molar-refractivity contribution in [1.29, 1.82) is 0 Å². The van der Waals surface area contributed by atoms with Crippen molar-refractivity contribution >= 4 is 11.6 Å². The molecule has 1 aliphatic carbocycles. The summed E-state index contributed by atoms with van der Waals surface area (Å²) in [5, 5.41) is 11.3. The largest absolute Gasteiger partial charge is 0.384 e. The van der Waals surface area contributed by atoms with Gasteiger partial charge in [0.15, 0.2) is 0 Å².